The molecule has 0 aliphatic carbocycles. The average molecular weight is 478 g/mol. The second kappa shape index (κ2) is 8.69. The number of nitrogens with zero attached hydrogens (tertiary/aromatic N) is 1. The van der Waals surface area contributed by atoms with E-state index in [-0.39, 0.29) is 24.0 Å². The van der Waals surface area contributed by atoms with Crippen LogP contribution in [0.15, 0.2) is 59.0 Å². The predicted octanol–water partition coefficient (Wildman–Crippen LogP) is 5.39. The Morgan fingerprint density at radius 1 is 1.13 bits per heavy atom. The van der Waals surface area contributed by atoms with E-state index in [4.69, 9.17) is 27.6 Å². The van der Waals surface area contributed by atoms with E-state index in [1.807, 2.05) is 19.1 Å². The highest BCUT2D eigenvalue weighted by Gasteiger charge is 2.35. The number of amides is 1. The molecular formula is C23H21Cl2NO4S. The van der Waals surface area contributed by atoms with Gasteiger partial charge in [-0.05, 0) is 55.3 Å². The van der Waals surface area contributed by atoms with Crippen LogP contribution in [0.2, 0.25) is 10.0 Å². The molecule has 0 bridgehead atoms. The first-order valence-corrected chi connectivity index (χ1v) is 12.4. The maximum Gasteiger partial charge on any atom is 0.254 e. The molecule has 1 saturated heterocycles. The highest BCUT2D eigenvalue weighted by molar-refractivity contribution is 7.91. The SMILES string of the molecule is Cc1ccccc1C(=O)N(Cc1ccc(-c2cc(Cl)ccc2Cl)o1)C1CCS(=O)(=O)C1. The number of sulfone groups is 1. The lowest BCUT2D eigenvalue weighted by Crippen LogP contribution is -2.40. The van der Waals surface area contributed by atoms with Crippen molar-refractivity contribution >= 4 is 38.9 Å². The third-order valence-electron chi connectivity index (χ3n) is 5.47. The molecule has 3 aromatic rings. The zero-order valence-corrected chi connectivity index (χ0v) is 19.2. The average Bonchev–Trinajstić information content (AvgIpc) is 3.34. The van der Waals surface area contributed by atoms with E-state index in [1.165, 1.54) is 0 Å². The van der Waals surface area contributed by atoms with Gasteiger partial charge in [0.15, 0.2) is 9.84 Å². The van der Waals surface area contributed by atoms with Crippen LogP contribution < -0.4 is 0 Å². The van der Waals surface area contributed by atoms with Crippen molar-refractivity contribution in [3.05, 3.63) is 81.5 Å². The molecule has 2 aromatic carbocycles. The Morgan fingerprint density at radius 3 is 2.61 bits per heavy atom. The number of carbonyl (C=O) groups excluding carboxylic acids is 1. The van der Waals surface area contributed by atoms with E-state index in [9.17, 15) is 13.2 Å². The topological polar surface area (TPSA) is 67.6 Å². The number of halogens is 2. The maximum absolute atomic E-state index is 13.4. The first-order chi connectivity index (χ1) is 14.7. The molecule has 162 valence electrons. The van der Waals surface area contributed by atoms with Crippen molar-refractivity contribution in [3.63, 3.8) is 0 Å². The van der Waals surface area contributed by atoms with E-state index < -0.39 is 15.9 Å². The van der Waals surface area contributed by atoms with Crippen LogP contribution in [0.4, 0.5) is 0 Å². The molecular weight excluding hydrogens is 457 g/mol. The number of aryl methyl sites for hydroxylation is 1. The van der Waals surface area contributed by atoms with Gasteiger partial charge in [0.25, 0.3) is 5.91 Å². The van der Waals surface area contributed by atoms with Crippen molar-refractivity contribution in [3.8, 4) is 11.3 Å². The molecule has 1 aliphatic heterocycles. The Labute approximate surface area is 191 Å². The van der Waals surface area contributed by atoms with Crippen LogP contribution in [-0.4, -0.2) is 36.8 Å². The van der Waals surface area contributed by atoms with E-state index >= 15 is 0 Å². The lowest BCUT2D eigenvalue weighted by molar-refractivity contribution is 0.0666. The van der Waals surface area contributed by atoms with Gasteiger partial charge in [-0.25, -0.2) is 8.42 Å². The van der Waals surface area contributed by atoms with Crippen molar-refractivity contribution in [1.29, 1.82) is 0 Å². The monoisotopic (exact) mass is 477 g/mol. The molecule has 0 spiro atoms. The predicted molar refractivity (Wildman–Crippen MR) is 122 cm³/mol. The molecule has 4 rings (SSSR count). The summed E-state index contributed by atoms with van der Waals surface area (Å²) in [6.07, 6.45) is 0.410. The molecule has 1 aliphatic rings. The van der Waals surface area contributed by atoms with Gasteiger partial charge < -0.3 is 9.32 Å². The fourth-order valence-electron chi connectivity index (χ4n) is 3.82. The summed E-state index contributed by atoms with van der Waals surface area (Å²) < 4.78 is 30.2. The molecule has 1 unspecified atom stereocenters. The Hall–Kier alpha value is -2.28. The largest absolute Gasteiger partial charge is 0.459 e. The lowest BCUT2D eigenvalue weighted by Gasteiger charge is -2.28. The van der Waals surface area contributed by atoms with E-state index in [1.54, 1.807) is 47.4 Å². The quantitative estimate of drug-likeness (QED) is 0.493. The van der Waals surface area contributed by atoms with Crippen LogP contribution in [0.25, 0.3) is 11.3 Å². The molecule has 0 radical (unpaired) electrons. The van der Waals surface area contributed by atoms with E-state index in [0.717, 1.165) is 5.56 Å². The lowest BCUT2D eigenvalue weighted by atomic mass is 10.1. The highest BCUT2D eigenvalue weighted by Crippen LogP contribution is 2.33. The number of furan rings is 1. The van der Waals surface area contributed by atoms with E-state index in [2.05, 4.69) is 0 Å². The first kappa shape index (κ1) is 21.9. The summed E-state index contributed by atoms with van der Waals surface area (Å²) in [7, 11) is -3.16. The molecule has 2 heterocycles. The minimum absolute atomic E-state index is 0.0433. The van der Waals surface area contributed by atoms with Crippen LogP contribution >= 0.6 is 23.2 Å². The summed E-state index contributed by atoms with van der Waals surface area (Å²) in [6, 6.07) is 15.5. The Morgan fingerprint density at radius 2 is 1.90 bits per heavy atom. The molecule has 8 heteroatoms. The van der Waals surface area contributed by atoms with Crippen LogP contribution in [-0.2, 0) is 16.4 Å². The molecule has 0 saturated carbocycles. The molecule has 31 heavy (non-hydrogen) atoms. The second-order valence-electron chi connectivity index (χ2n) is 7.69. The maximum atomic E-state index is 13.4. The van der Waals surface area contributed by atoms with Crippen molar-refractivity contribution in [1.82, 2.24) is 4.90 Å². The minimum Gasteiger partial charge on any atom is -0.459 e. The fraction of sp³-hybridized carbons (Fsp3) is 0.261. The number of carbonyl (C=O) groups is 1. The van der Waals surface area contributed by atoms with Gasteiger partial charge in [0, 0.05) is 22.2 Å². The molecule has 5 nitrogen and oxygen atoms in total. The molecule has 1 aromatic heterocycles. The number of rotatable bonds is 5. The number of hydrogen-bond donors (Lipinski definition) is 0. The van der Waals surface area contributed by atoms with Gasteiger partial charge in [-0.15, -0.1) is 0 Å². The Balaban J connectivity index is 1.66. The van der Waals surface area contributed by atoms with Gasteiger partial charge in [0.2, 0.25) is 0 Å². The van der Waals surface area contributed by atoms with Gasteiger partial charge in [0.1, 0.15) is 11.5 Å². The zero-order valence-electron chi connectivity index (χ0n) is 16.8. The molecule has 0 N–H and O–H groups in total. The second-order valence-corrected chi connectivity index (χ2v) is 10.8. The van der Waals surface area contributed by atoms with Crippen molar-refractivity contribution < 1.29 is 17.6 Å². The summed E-state index contributed by atoms with van der Waals surface area (Å²) in [6.45, 7) is 2.02. The van der Waals surface area contributed by atoms with Gasteiger partial charge in [-0.3, -0.25) is 4.79 Å². The third kappa shape index (κ3) is 4.81. The Kier molecular flexibility index (Phi) is 6.15. The fourth-order valence-corrected chi connectivity index (χ4v) is 5.93. The van der Waals surface area contributed by atoms with Crippen molar-refractivity contribution in [2.24, 2.45) is 0 Å². The van der Waals surface area contributed by atoms with Gasteiger partial charge in [-0.2, -0.15) is 0 Å². The van der Waals surface area contributed by atoms with E-state index in [0.29, 0.717) is 39.1 Å². The first-order valence-electron chi connectivity index (χ1n) is 9.85. The summed E-state index contributed by atoms with van der Waals surface area (Å²) in [5.41, 5.74) is 2.04. The smallest absolute Gasteiger partial charge is 0.254 e. The van der Waals surface area contributed by atoms with Crippen molar-refractivity contribution in [2.75, 3.05) is 11.5 Å². The molecule has 1 fully saturated rings. The summed E-state index contributed by atoms with van der Waals surface area (Å²) in [4.78, 5) is 15.0. The summed E-state index contributed by atoms with van der Waals surface area (Å²) in [5, 5.41) is 1.03. The van der Waals surface area contributed by atoms with Crippen LogP contribution in [0.3, 0.4) is 0 Å². The molecule has 1 atom stereocenters. The normalized spacial score (nSPS) is 17.6. The van der Waals surface area contributed by atoms with Gasteiger partial charge >= 0.3 is 0 Å². The summed E-state index contributed by atoms with van der Waals surface area (Å²) >= 11 is 12.4. The number of benzene rings is 2. The Bertz CT molecular complexity index is 1240. The van der Waals surface area contributed by atoms with Gasteiger partial charge in [-0.1, -0.05) is 41.4 Å². The zero-order chi connectivity index (χ0) is 22.2. The standard InChI is InChI=1S/C23H21Cl2NO4S/c1-15-4-2-3-5-19(15)23(27)26(17-10-11-31(28,29)14-17)13-18-7-9-22(30-18)20-12-16(24)6-8-21(20)25/h2-9,12,17H,10-11,13-14H2,1H3. The summed E-state index contributed by atoms with van der Waals surface area (Å²) in [5.74, 6) is 0.899. The van der Waals surface area contributed by atoms with Crippen molar-refractivity contribution in [2.45, 2.75) is 25.9 Å². The molecule has 1 amide bonds. The highest BCUT2D eigenvalue weighted by atomic mass is 35.5. The minimum atomic E-state index is -3.16. The third-order valence-corrected chi connectivity index (χ3v) is 7.78. The van der Waals surface area contributed by atoms with Crippen LogP contribution in [0, 0.1) is 6.92 Å². The van der Waals surface area contributed by atoms with Crippen LogP contribution in [0.5, 0.6) is 0 Å². The number of hydrogen-bond acceptors (Lipinski definition) is 4. The van der Waals surface area contributed by atoms with Gasteiger partial charge in [0.05, 0.1) is 23.1 Å². The van der Waals surface area contributed by atoms with Crippen LogP contribution in [0.1, 0.15) is 28.1 Å².